The molecule has 1 aromatic carbocycles. The predicted molar refractivity (Wildman–Crippen MR) is 77.3 cm³/mol. The molecular formula is C14H14N2O2S. The van der Waals surface area contributed by atoms with Gasteiger partial charge >= 0.3 is 0 Å². The summed E-state index contributed by atoms with van der Waals surface area (Å²) < 4.78 is 5.69. The van der Waals surface area contributed by atoms with Gasteiger partial charge in [-0.25, -0.2) is 4.98 Å². The lowest BCUT2D eigenvalue weighted by molar-refractivity contribution is 0.281. The van der Waals surface area contributed by atoms with Crippen LogP contribution in [0.3, 0.4) is 0 Å². The van der Waals surface area contributed by atoms with Crippen LogP contribution in [-0.2, 0) is 6.61 Å². The van der Waals surface area contributed by atoms with Crippen molar-refractivity contribution in [2.24, 2.45) is 5.73 Å². The number of aryl methyl sites for hydroxylation is 1. The van der Waals surface area contributed by atoms with E-state index in [4.69, 9.17) is 27.8 Å². The second-order valence-corrected chi connectivity index (χ2v) is 4.52. The molecule has 4 nitrogen and oxygen atoms in total. The molecule has 1 aromatic heterocycles. The third kappa shape index (κ3) is 3.07. The zero-order valence-corrected chi connectivity index (χ0v) is 11.3. The Kier molecular flexibility index (Phi) is 4.09. The quantitative estimate of drug-likeness (QED) is 0.837. The van der Waals surface area contributed by atoms with Crippen LogP contribution in [0, 0.1) is 6.92 Å². The monoisotopic (exact) mass is 274 g/mol. The van der Waals surface area contributed by atoms with E-state index in [2.05, 4.69) is 4.98 Å². The summed E-state index contributed by atoms with van der Waals surface area (Å²) in [7, 11) is 0. The van der Waals surface area contributed by atoms with E-state index in [0.29, 0.717) is 17.2 Å². The lowest BCUT2D eigenvalue weighted by Gasteiger charge is -2.11. The number of benzene rings is 1. The van der Waals surface area contributed by atoms with Crippen molar-refractivity contribution in [3.05, 3.63) is 53.2 Å². The number of hydrogen-bond donors (Lipinski definition) is 2. The van der Waals surface area contributed by atoms with Crippen LogP contribution in [0.5, 0.6) is 11.6 Å². The number of hydrogen-bond acceptors (Lipinski definition) is 4. The average molecular weight is 274 g/mol. The maximum atomic E-state index is 8.98. The van der Waals surface area contributed by atoms with Gasteiger partial charge in [0, 0.05) is 6.20 Å². The first kappa shape index (κ1) is 13.5. The standard InChI is InChI=1S/C14H14N2O2S/c1-9-6-7-16-14(12(9)13(15)19)18-11-4-2-10(8-17)3-5-11/h2-7,17H,8H2,1H3,(H2,15,19). The summed E-state index contributed by atoms with van der Waals surface area (Å²) in [6, 6.07) is 8.92. The van der Waals surface area contributed by atoms with E-state index in [0.717, 1.165) is 11.1 Å². The maximum Gasteiger partial charge on any atom is 0.229 e. The van der Waals surface area contributed by atoms with E-state index in [1.807, 2.05) is 13.0 Å². The Balaban J connectivity index is 2.32. The molecular weight excluding hydrogens is 260 g/mol. The summed E-state index contributed by atoms with van der Waals surface area (Å²) in [5.74, 6) is 1.01. The van der Waals surface area contributed by atoms with E-state index in [-0.39, 0.29) is 11.6 Å². The number of aromatic nitrogens is 1. The van der Waals surface area contributed by atoms with E-state index in [1.165, 1.54) is 0 Å². The zero-order chi connectivity index (χ0) is 13.8. The molecule has 5 heteroatoms. The molecule has 0 spiro atoms. The van der Waals surface area contributed by atoms with Gasteiger partial charge in [0.25, 0.3) is 0 Å². The topological polar surface area (TPSA) is 68.4 Å². The normalized spacial score (nSPS) is 10.2. The number of thiocarbonyl (C=S) groups is 1. The molecule has 0 saturated carbocycles. The van der Waals surface area contributed by atoms with Gasteiger partial charge in [-0.05, 0) is 36.2 Å². The number of ether oxygens (including phenoxy) is 1. The minimum absolute atomic E-state index is 0.00110. The average Bonchev–Trinajstić information content (AvgIpc) is 2.39. The van der Waals surface area contributed by atoms with Crippen LogP contribution in [0.25, 0.3) is 0 Å². The highest BCUT2D eigenvalue weighted by molar-refractivity contribution is 7.80. The van der Waals surface area contributed by atoms with Gasteiger partial charge in [-0.1, -0.05) is 24.4 Å². The molecule has 0 aliphatic carbocycles. The van der Waals surface area contributed by atoms with Crippen LogP contribution in [-0.4, -0.2) is 15.1 Å². The number of aliphatic hydroxyl groups is 1. The molecule has 0 fully saturated rings. The van der Waals surface area contributed by atoms with Crippen LogP contribution < -0.4 is 10.5 Å². The van der Waals surface area contributed by atoms with E-state index >= 15 is 0 Å². The summed E-state index contributed by atoms with van der Waals surface area (Å²) in [5, 5.41) is 8.98. The molecule has 19 heavy (non-hydrogen) atoms. The van der Waals surface area contributed by atoms with Crippen LogP contribution >= 0.6 is 12.2 Å². The van der Waals surface area contributed by atoms with E-state index in [1.54, 1.807) is 30.5 Å². The molecule has 0 aliphatic rings. The minimum atomic E-state index is 0.00110. The Bertz CT molecular complexity index is 597. The van der Waals surface area contributed by atoms with Crippen LogP contribution in [0.1, 0.15) is 16.7 Å². The molecule has 3 N–H and O–H groups in total. The second-order valence-electron chi connectivity index (χ2n) is 4.08. The molecule has 0 unspecified atom stereocenters. The molecule has 0 saturated heterocycles. The SMILES string of the molecule is Cc1ccnc(Oc2ccc(CO)cc2)c1C(N)=S. The third-order valence-electron chi connectivity index (χ3n) is 2.69. The first-order chi connectivity index (χ1) is 9.11. The Morgan fingerprint density at radius 1 is 1.32 bits per heavy atom. The van der Waals surface area contributed by atoms with Crippen molar-refractivity contribution >= 4 is 17.2 Å². The first-order valence-corrected chi connectivity index (χ1v) is 6.15. The van der Waals surface area contributed by atoms with Crippen molar-refractivity contribution in [1.29, 1.82) is 0 Å². The highest BCUT2D eigenvalue weighted by Crippen LogP contribution is 2.25. The van der Waals surface area contributed by atoms with Crippen LogP contribution in [0.2, 0.25) is 0 Å². The largest absolute Gasteiger partial charge is 0.438 e. The molecule has 1 heterocycles. The lowest BCUT2D eigenvalue weighted by Crippen LogP contribution is -2.13. The van der Waals surface area contributed by atoms with Crippen molar-refractivity contribution < 1.29 is 9.84 Å². The zero-order valence-electron chi connectivity index (χ0n) is 10.5. The van der Waals surface area contributed by atoms with Gasteiger partial charge in [0.15, 0.2) is 0 Å². The van der Waals surface area contributed by atoms with Gasteiger partial charge in [0.1, 0.15) is 10.7 Å². The highest BCUT2D eigenvalue weighted by Gasteiger charge is 2.11. The number of rotatable bonds is 4. The van der Waals surface area contributed by atoms with Crippen molar-refractivity contribution in [2.45, 2.75) is 13.5 Å². The van der Waals surface area contributed by atoms with Gasteiger partial charge in [-0.15, -0.1) is 0 Å². The molecule has 0 amide bonds. The van der Waals surface area contributed by atoms with Crippen molar-refractivity contribution in [2.75, 3.05) is 0 Å². The smallest absolute Gasteiger partial charge is 0.229 e. The summed E-state index contributed by atoms with van der Waals surface area (Å²) in [6.45, 7) is 1.90. The fourth-order valence-corrected chi connectivity index (χ4v) is 1.93. The summed E-state index contributed by atoms with van der Waals surface area (Å²) >= 11 is 5.02. The molecule has 0 atom stereocenters. The van der Waals surface area contributed by atoms with Crippen LogP contribution in [0.4, 0.5) is 0 Å². The Morgan fingerprint density at radius 3 is 2.58 bits per heavy atom. The minimum Gasteiger partial charge on any atom is -0.438 e. The van der Waals surface area contributed by atoms with Crippen molar-refractivity contribution in [1.82, 2.24) is 4.98 Å². The summed E-state index contributed by atoms with van der Waals surface area (Å²) in [6.07, 6.45) is 1.65. The van der Waals surface area contributed by atoms with E-state index in [9.17, 15) is 0 Å². The van der Waals surface area contributed by atoms with Gasteiger partial charge in [0.2, 0.25) is 5.88 Å². The Labute approximate surface area is 116 Å². The number of pyridine rings is 1. The van der Waals surface area contributed by atoms with Gasteiger partial charge in [-0.2, -0.15) is 0 Å². The van der Waals surface area contributed by atoms with Gasteiger partial charge in [-0.3, -0.25) is 0 Å². The number of nitrogens with two attached hydrogens (primary N) is 1. The molecule has 0 radical (unpaired) electrons. The fraction of sp³-hybridized carbons (Fsp3) is 0.143. The first-order valence-electron chi connectivity index (χ1n) is 5.75. The second kappa shape index (κ2) is 5.77. The van der Waals surface area contributed by atoms with Crippen molar-refractivity contribution in [3.8, 4) is 11.6 Å². The summed E-state index contributed by atoms with van der Waals surface area (Å²) in [4.78, 5) is 4.42. The fourth-order valence-electron chi connectivity index (χ4n) is 1.68. The Morgan fingerprint density at radius 2 is 2.00 bits per heavy atom. The molecule has 0 aliphatic heterocycles. The molecule has 98 valence electrons. The molecule has 2 rings (SSSR count). The van der Waals surface area contributed by atoms with Gasteiger partial charge < -0.3 is 15.6 Å². The Hall–Kier alpha value is -1.98. The summed E-state index contributed by atoms with van der Waals surface area (Å²) in [5.41, 5.74) is 8.07. The van der Waals surface area contributed by atoms with Crippen LogP contribution in [0.15, 0.2) is 36.5 Å². The molecule has 2 aromatic rings. The number of aliphatic hydroxyl groups excluding tert-OH is 1. The van der Waals surface area contributed by atoms with E-state index < -0.39 is 0 Å². The third-order valence-corrected chi connectivity index (χ3v) is 2.90. The highest BCUT2D eigenvalue weighted by atomic mass is 32.1. The predicted octanol–water partition coefficient (Wildman–Crippen LogP) is 2.31. The van der Waals surface area contributed by atoms with Gasteiger partial charge in [0.05, 0.1) is 12.2 Å². The lowest BCUT2D eigenvalue weighted by atomic mass is 10.1. The maximum absolute atomic E-state index is 8.98. The number of nitrogens with zero attached hydrogens (tertiary/aromatic N) is 1. The molecule has 0 bridgehead atoms. The van der Waals surface area contributed by atoms with Crippen molar-refractivity contribution in [3.63, 3.8) is 0 Å².